The highest BCUT2D eigenvalue weighted by Gasteiger charge is 2.25. The van der Waals surface area contributed by atoms with Crippen molar-refractivity contribution in [3.8, 4) is 17.2 Å². The van der Waals surface area contributed by atoms with E-state index in [0.717, 1.165) is 35.6 Å². The largest absolute Gasteiger partial charge is 0.453 e. The van der Waals surface area contributed by atoms with Crippen LogP contribution in [0.3, 0.4) is 0 Å². The second-order valence-electron chi connectivity index (χ2n) is 9.29. The molecule has 0 atom stereocenters. The monoisotopic (exact) mass is 529 g/mol. The Morgan fingerprint density at radius 3 is 2.59 bits per heavy atom. The Morgan fingerprint density at radius 1 is 1.05 bits per heavy atom. The van der Waals surface area contributed by atoms with Crippen LogP contribution < -0.4 is 21.3 Å². The van der Waals surface area contributed by atoms with Crippen LogP contribution in [0.5, 0.6) is 11.5 Å². The quantitative estimate of drug-likeness (QED) is 0.320. The molecule has 196 valence electrons. The molecular formula is C28H21F2N5O4. The molecule has 0 aliphatic heterocycles. The van der Waals surface area contributed by atoms with E-state index in [0.29, 0.717) is 23.3 Å². The number of pyridine rings is 1. The summed E-state index contributed by atoms with van der Waals surface area (Å²) in [6.07, 6.45) is 6.32. The van der Waals surface area contributed by atoms with Crippen LogP contribution in [0.15, 0.2) is 82.8 Å². The van der Waals surface area contributed by atoms with E-state index in [9.17, 15) is 23.2 Å². The first-order valence-electron chi connectivity index (χ1n) is 12.2. The van der Waals surface area contributed by atoms with E-state index in [1.54, 1.807) is 18.3 Å². The summed E-state index contributed by atoms with van der Waals surface area (Å²) in [6.45, 7) is 0.338. The van der Waals surface area contributed by atoms with Gasteiger partial charge < -0.3 is 15.0 Å². The number of benzene rings is 2. The molecule has 1 aliphatic carbocycles. The molecule has 2 N–H and O–H groups in total. The first kappa shape index (κ1) is 24.3. The van der Waals surface area contributed by atoms with Crippen molar-refractivity contribution in [2.24, 2.45) is 5.92 Å². The molecule has 0 unspecified atom stereocenters. The lowest BCUT2D eigenvalue weighted by Crippen LogP contribution is -2.42. The third-order valence-electron chi connectivity index (χ3n) is 6.47. The normalized spacial score (nSPS) is 13.0. The summed E-state index contributed by atoms with van der Waals surface area (Å²) in [7, 11) is 0. The number of nitrogens with zero attached hydrogens (tertiary/aromatic N) is 3. The lowest BCUT2D eigenvalue weighted by Gasteiger charge is -2.14. The molecule has 3 aromatic heterocycles. The predicted octanol–water partition coefficient (Wildman–Crippen LogP) is 4.61. The summed E-state index contributed by atoms with van der Waals surface area (Å²) in [6, 6.07) is 12.1. The van der Waals surface area contributed by atoms with Gasteiger partial charge in [0.05, 0.1) is 11.1 Å². The van der Waals surface area contributed by atoms with Gasteiger partial charge in [-0.15, -0.1) is 0 Å². The number of hydrogen-bond donors (Lipinski definition) is 2. The van der Waals surface area contributed by atoms with Gasteiger partial charge in [-0.3, -0.25) is 14.2 Å². The number of H-pyrrole nitrogens is 1. The third kappa shape index (κ3) is 4.81. The topological polar surface area (TPSA) is 111 Å². The fourth-order valence-electron chi connectivity index (χ4n) is 4.29. The first-order chi connectivity index (χ1) is 18.9. The SMILES string of the molecule is O=C(Nc1ccc(Oc2ccnc3[nH]ccc23)c(F)c1)c1cn(CC2CC2)c(=O)n(-c2ccc(F)cc2)c1=O. The molecule has 1 saturated carbocycles. The van der Waals surface area contributed by atoms with Crippen LogP contribution in [0.1, 0.15) is 23.2 Å². The van der Waals surface area contributed by atoms with Crippen LogP contribution in [0.25, 0.3) is 16.7 Å². The Hall–Kier alpha value is -5.06. The van der Waals surface area contributed by atoms with Gasteiger partial charge in [-0.25, -0.2) is 23.1 Å². The Bertz CT molecular complexity index is 1840. The molecule has 6 rings (SSSR count). The van der Waals surface area contributed by atoms with Gasteiger partial charge in [0.15, 0.2) is 11.6 Å². The number of anilines is 1. The van der Waals surface area contributed by atoms with Crippen molar-refractivity contribution in [2.45, 2.75) is 19.4 Å². The fourth-order valence-corrected chi connectivity index (χ4v) is 4.29. The first-order valence-corrected chi connectivity index (χ1v) is 12.2. The third-order valence-corrected chi connectivity index (χ3v) is 6.47. The summed E-state index contributed by atoms with van der Waals surface area (Å²) in [4.78, 5) is 46.7. The molecule has 0 spiro atoms. The van der Waals surface area contributed by atoms with Crippen molar-refractivity contribution in [2.75, 3.05) is 5.32 Å². The number of nitrogens with one attached hydrogen (secondary N) is 2. The van der Waals surface area contributed by atoms with E-state index in [-0.39, 0.29) is 28.6 Å². The minimum Gasteiger partial charge on any atom is -0.453 e. The van der Waals surface area contributed by atoms with Crippen molar-refractivity contribution in [1.29, 1.82) is 0 Å². The van der Waals surface area contributed by atoms with Crippen LogP contribution in [-0.2, 0) is 6.54 Å². The summed E-state index contributed by atoms with van der Waals surface area (Å²) in [5, 5.41) is 3.20. The highest BCUT2D eigenvalue weighted by atomic mass is 19.1. The van der Waals surface area contributed by atoms with Crippen LogP contribution in [0, 0.1) is 17.6 Å². The maximum absolute atomic E-state index is 14.9. The number of aromatic nitrogens is 4. The van der Waals surface area contributed by atoms with Gasteiger partial charge in [0.25, 0.3) is 11.5 Å². The molecule has 1 fully saturated rings. The zero-order valence-electron chi connectivity index (χ0n) is 20.4. The van der Waals surface area contributed by atoms with Crippen molar-refractivity contribution in [3.63, 3.8) is 0 Å². The molecule has 5 aromatic rings. The summed E-state index contributed by atoms with van der Waals surface area (Å²) in [5.74, 6) is -1.50. The lowest BCUT2D eigenvalue weighted by molar-refractivity contribution is 0.102. The van der Waals surface area contributed by atoms with Gasteiger partial charge in [0, 0.05) is 36.9 Å². The fraction of sp³-hybridized carbons (Fsp3) is 0.143. The van der Waals surface area contributed by atoms with Gasteiger partial charge in [0.1, 0.15) is 22.8 Å². The summed E-state index contributed by atoms with van der Waals surface area (Å²) < 4.78 is 36.3. The minimum absolute atomic E-state index is 0.0710. The van der Waals surface area contributed by atoms with E-state index in [2.05, 4.69) is 15.3 Å². The van der Waals surface area contributed by atoms with E-state index >= 15 is 0 Å². The van der Waals surface area contributed by atoms with Crippen LogP contribution >= 0.6 is 0 Å². The number of amides is 1. The molecule has 1 amide bonds. The Kier molecular flexibility index (Phi) is 6.02. The molecule has 9 nitrogen and oxygen atoms in total. The maximum atomic E-state index is 14.9. The second-order valence-corrected chi connectivity index (χ2v) is 9.29. The average molecular weight is 530 g/mol. The standard InChI is InChI=1S/C28H21F2N5O4/c29-17-3-6-19(7-4-17)35-27(37)21(15-34(28(35)38)14-16-1-2-16)26(36)33-18-5-8-24(22(30)13-18)39-23-10-12-32-25-20(23)9-11-31-25/h3-13,15-16H,1-2,14H2,(H,31,32)(H,33,36). The number of ether oxygens (including phenoxy) is 1. The summed E-state index contributed by atoms with van der Waals surface area (Å²) >= 11 is 0. The molecule has 0 bridgehead atoms. The number of carbonyl (C=O) groups excluding carboxylic acids is 1. The molecule has 1 aliphatic rings. The Labute approximate surface area is 219 Å². The number of carbonyl (C=O) groups is 1. The number of hydrogen-bond acceptors (Lipinski definition) is 5. The number of aromatic amines is 1. The van der Waals surface area contributed by atoms with E-state index in [1.165, 1.54) is 41.2 Å². The Morgan fingerprint density at radius 2 is 1.85 bits per heavy atom. The molecule has 2 aromatic carbocycles. The zero-order chi connectivity index (χ0) is 27.1. The average Bonchev–Trinajstić information content (AvgIpc) is 3.60. The van der Waals surface area contributed by atoms with Crippen LogP contribution in [0.4, 0.5) is 14.5 Å². The second kappa shape index (κ2) is 9.67. The van der Waals surface area contributed by atoms with Gasteiger partial charge in [-0.1, -0.05) is 0 Å². The minimum atomic E-state index is -0.871. The van der Waals surface area contributed by atoms with E-state index in [1.807, 2.05) is 0 Å². The number of fused-ring (bicyclic) bond motifs is 1. The zero-order valence-corrected chi connectivity index (χ0v) is 20.4. The predicted molar refractivity (Wildman–Crippen MR) is 140 cm³/mol. The van der Waals surface area contributed by atoms with Crippen molar-refractivity contribution in [1.82, 2.24) is 19.1 Å². The van der Waals surface area contributed by atoms with Crippen LogP contribution in [-0.4, -0.2) is 25.0 Å². The van der Waals surface area contributed by atoms with Gasteiger partial charge in [-0.05, 0) is 67.3 Å². The molecule has 11 heteroatoms. The van der Waals surface area contributed by atoms with Gasteiger partial charge in [-0.2, -0.15) is 0 Å². The van der Waals surface area contributed by atoms with Gasteiger partial charge in [0.2, 0.25) is 0 Å². The highest BCUT2D eigenvalue weighted by molar-refractivity contribution is 6.03. The smallest absolute Gasteiger partial charge is 0.335 e. The van der Waals surface area contributed by atoms with E-state index in [4.69, 9.17) is 4.74 Å². The van der Waals surface area contributed by atoms with Crippen LogP contribution in [0.2, 0.25) is 0 Å². The Balaban J connectivity index is 1.30. The molecule has 0 saturated heterocycles. The number of rotatable bonds is 7. The molecule has 3 heterocycles. The van der Waals surface area contributed by atoms with E-state index < -0.39 is 28.8 Å². The van der Waals surface area contributed by atoms with Gasteiger partial charge >= 0.3 is 5.69 Å². The molecule has 39 heavy (non-hydrogen) atoms. The van der Waals surface area contributed by atoms with Crippen molar-refractivity contribution in [3.05, 3.63) is 111 Å². The molecule has 0 radical (unpaired) electrons. The maximum Gasteiger partial charge on any atom is 0.335 e. The number of halogens is 2. The molecular weight excluding hydrogens is 508 g/mol. The summed E-state index contributed by atoms with van der Waals surface area (Å²) in [5.41, 5.74) is -1.01. The lowest BCUT2D eigenvalue weighted by atomic mass is 10.2. The highest BCUT2D eigenvalue weighted by Crippen LogP contribution is 2.31. The van der Waals surface area contributed by atoms with Crippen molar-refractivity contribution < 1.29 is 18.3 Å². The van der Waals surface area contributed by atoms with Crippen molar-refractivity contribution >= 4 is 22.6 Å².